The minimum atomic E-state index is -3.85. The van der Waals surface area contributed by atoms with Crippen LogP contribution in [0.5, 0.6) is 5.75 Å². The van der Waals surface area contributed by atoms with Crippen molar-refractivity contribution in [2.75, 3.05) is 11.8 Å². The van der Waals surface area contributed by atoms with Crippen LogP contribution < -0.4 is 9.46 Å². The number of methoxy groups -OCH3 is 1. The van der Waals surface area contributed by atoms with Crippen molar-refractivity contribution in [3.63, 3.8) is 0 Å². The van der Waals surface area contributed by atoms with E-state index in [-0.39, 0.29) is 20.9 Å². The number of halogens is 2. The van der Waals surface area contributed by atoms with Gasteiger partial charge in [0.05, 0.1) is 30.2 Å². The van der Waals surface area contributed by atoms with Gasteiger partial charge in [-0.15, -0.1) is 0 Å². The Balaban J connectivity index is 2.35. The van der Waals surface area contributed by atoms with Gasteiger partial charge in [-0.2, -0.15) is 0 Å². The second-order valence-electron chi connectivity index (χ2n) is 3.64. The van der Waals surface area contributed by atoms with Crippen LogP contribution in [0.2, 0.25) is 10.3 Å². The molecule has 0 aliphatic heterocycles. The first-order valence-corrected chi connectivity index (χ1v) is 7.50. The highest BCUT2D eigenvalue weighted by atomic mass is 35.5. The van der Waals surface area contributed by atoms with E-state index in [0.29, 0.717) is 5.75 Å². The minimum Gasteiger partial charge on any atom is -0.497 e. The molecule has 2 rings (SSSR count). The Labute approximate surface area is 125 Å². The lowest BCUT2D eigenvalue weighted by atomic mass is 10.3. The molecule has 1 aromatic heterocycles. The van der Waals surface area contributed by atoms with Gasteiger partial charge in [-0.05, 0) is 23.7 Å². The van der Waals surface area contributed by atoms with Gasteiger partial charge in [0, 0.05) is 6.07 Å². The van der Waals surface area contributed by atoms with Gasteiger partial charge < -0.3 is 4.74 Å². The van der Waals surface area contributed by atoms with Crippen LogP contribution in [0, 0.1) is 0 Å². The number of ether oxygens (including phenoxy) is 1. The van der Waals surface area contributed by atoms with E-state index >= 15 is 0 Å². The lowest BCUT2D eigenvalue weighted by Crippen LogP contribution is -2.14. The normalized spacial score (nSPS) is 11.2. The fraction of sp³-hybridized carbons (Fsp3) is 0.0909. The molecule has 1 aromatic carbocycles. The van der Waals surface area contributed by atoms with E-state index in [1.807, 2.05) is 0 Å². The molecule has 0 bridgehead atoms. The Kier molecular flexibility index (Phi) is 4.32. The zero-order valence-corrected chi connectivity index (χ0v) is 12.5. The molecule has 0 atom stereocenters. The van der Waals surface area contributed by atoms with E-state index in [1.54, 1.807) is 6.07 Å². The molecule has 0 radical (unpaired) electrons. The average molecular weight is 334 g/mol. The van der Waals surface area contributed by atoms with Gasteiger partial charge in [-0.1, -0.05) is 11.6 Å². The molecule has 0 saturated heterocycles. The molecule has 6 nitrogen and oxygen atoms in total. The Morgan fingerprint density at radius 3 is 2.45 bits per heavy atom. The molecule has 20 heavy (non-hydrogen) atoms. The van der Waals surface area contributed by atoms with Crippen LogP contribution in [-0.4, -0.2) is 25.5 Å². The molecule has 0 aliphatic rings. The van der Waals surface area contributed by atoms with Gasteiger partial charge in [0.1, 0.15) is 10.6 Å². The lowest BCUT2D eigenvalue weighted by Gasteiger charge is -2.10. The van der Waals surface area contributed by atoms with Crippen LogP contribution in [0.1, 0.15) is 0 Å². The summed E-state index contributed by atoms with van der Waals surface area (Å²) >= 11 is 11.4. The van der Waals surface area contributed by atoms with E-state index in [4.69, 9.17) is 27.9 Å². The maximum absolute atomic E-state index is 12.1. The first-order valence-electron chi connectivity index (χ1n) is 5.26. The van der Waals surface area contributed by atoms with Gasteiger partial charge in [0.2, 0.25) is 5.28 Å². The molecule has 0 spiro atoms. The van der Waals surface area contributed by atoms with Crippen LogP contribution >= 0.6 is 23.2 Å². The van der Waals surface area contributed by atoms with Crippen molar-refractivity contribution < 1.29 is 13.2 Å². The Hall–Kier alpha value is -1.57. The van der Waals surface area contributed by atoms with Crippen LogP contribution in [0.4, 0.5) is 5.69 Å². The van der Waals surface area contributed by atoms with Gasteiger partial charge in [0.25, 0.3) is 10.0 Å². The number of hydrogen-bond acceptors (Lipinski definition) is 5. The molecular weight excluding hydrogens is 325 g/mol. The van der Waals surface area contributed by atoms with Crippen LogP contribution in [-0.2, 0) is 10.0 Å². The number of aromatic nitrogens is 2. The van der Waals surface area contributed by atoms with Gasteiger partial charge >= 0.3 is 0 Å². The maximum Gasteiger partial charge on any atom is 0.265 e. The molecule has 106 valence electrons. The van der Waals surface area contributed by atoms with Crippen molar-refractivity contribution >= 4 is 38.9 Å². The maximum atomic E-state index is 12.1. The first-order chi connectivity index (χ1) is 9.42. The van der Waals surface area contributed by atoms with E-state index in [9.17, 15) is 8.42 Å². The summed E-state index contributed by atoms with van der Waals surface area (Å²) in [5, 5.41) is 0.201. The smallest absolute Gasteiger partial charge is 0.265 e. The summed E-state index contributed by atoms with van der Waals surface area (Å²) < 4.78 is 31.6. The van der Waals surface area contributed by atoms with E-state index in [1.165, 1.54) is 19.2 Å². The third-order valence-electron chi connectivity index (χ3n) is 2.32. The number of hydrogen-bond donors (Lipinski definition) is 1. The quantitative estimate of drug-likeness (QED) is 0.869. The number of nitrogens with zero attached hydrogens (tertiary/aromatic N) is 2. The molecule has 0 fully saturated rings. The Morgan fingerprint density at radius 2 is 1.85 bits per heavy atom. The highest BCUT2D eigenvalue weighted by Gasteiger charge is 2.17. The second-order valence-corrected chi connectivity index (χ2v) is 6.07. The monoisotopic (exact) mass is 333 g/mol. The van der Waals surface area contributed by atoms with Crippen LogP contribution in [0.3, 0.4) is 0 Å². The van der Waals surface area contributed by atoms with Crippen molar-refractivity contribution in [2.45, 2.75) is 4.90 Å². The average Bonchev–Trinajstić information content (AvgIpc) is 2.41. The molecule has 0 amide bonds. The van der Waals surface area contributed by atoms with E-state index < -0.39 is 10.0 Å². The van der Waals surface area contributed by atoms with Crippen molar-refractivity contribution in [2.24, 2.45) is 0 Å². The highest BCUT2D eigenvalue weighted by Crippen LogP contribution is 2.28. The topological polar surface area (TPSA) is 81.2 Å². The molecule has 0 saturated carbocycles. The van der Waals surface area contributed by atoms with Gasteiger partial charge in [0.15, 0.2) is 0 Å². The zero-order chi connectivity index (χ0) is 14.8. The number of rotatable bonds is 4. The van der Waals surface area contributed by atoms with E-state index in [2.05, 4.69) is 14.7 Å². The second kappa shape index (κ2) is 5.82. The number of benzene rings is 1. The third kappa shape index (κ3) is 3.30. The van der Waals surface area contributed by atoms with Gasteiger partial charge in [-0.25, -0.2) is 18.4 Å². The first kappa shape index (κ1) is 14.8. The fourth-order valence-corrected chi connectivity index (χ4v) is 2.63. The van der Waals surface area contributed by atoms with Crippen molar-refractivity contribution in [1.29, 1.82) is 0 Å². The standard InChI is InChI=1S/C11H9Cl2N3O3S/c1-19-7-2-3-9(12)10(4-7)16-20(17,18)8-5-14-11(13)15-6-8/h2-6,16H,1H3. The number of sulfonamides is 1. The Bertz CT molecular complexity index is 720. The number of nitrogens with one attached hydrogen (secondary N) is 1. The highest BCUT2D eigenvalue weighted by molar-refractivity contribution is 7.92. The molecule has 9 heteroatoms. The van der Waals surface area contributed by atoms with Crippen molar-refractivity contribution in [3.05, 3.63) is 40.9 Å². The molecule has 0 unspecified atom stereocenters. The van der Waals surface area contributed by atoms with Crippen molar-refractivity contribution in [3.8, 4) is 5.75 Å². The summed E-state index contributed by atoms with van der Waals surface area (Å²) in [6.45, 7) is 0. The third-order valence-corrected chi connectivity index (χ3v) is 4.17. The summed E-state index contributed by atoms with van der Waals surface area (Å²) in [6, 6.07) is 4.61. The SMILES string of the molecule is COc1ccc(Cl)c(NS(=O)(=O)c2cnc(Cl)nc2)c1. The molecular formula is C11H9Cl2N3O3S. The summed E-state index contributed by atoms with van der Waals surface area (Å²) in [5.74, 6) is 0.472. The molecule has 0 aliphatic carbocycles. The van der Waals surface area contributed by atoms with Gasteiger partial charge in [-0.3, -0.25) is 4.72 Å². The largest absolute Gasteiger partial charge is 0.497 e. The zero-order valence-electron chi connectivity index (χ0n) is 10.2. The number of anilines is 1. The van der Waals surface area contributed by atoms with Crippen molar-refractivity contribution in [1.82, 2.24) is 9.97 Å². The molecule has 2 aromatic rings. The minimum absolute atomic E-state index is 0.0386. The van der Waals surface area contributed by atoms with Crippen LogP contribution in [0.15, 0.2) is 35.5 Å². The Morgan fingerprint density at radius 1 is 1.20 bits per heavy atom. The summed E-state index contributed by atoms with van der Waals surface area (Å²) in [4.78, 5) is 7.12. The van der Waals surface area contributed by atoms with Crippen LogP contribution in [0.25, 0.3) is 0 Å². The predicted molar refractivity (Wildman–Crippen MR) is 75.9 cm³/mol. The molecule has 1 N–H and O–H groups in total. The summed E-state index contributed by atoms with van der Waals surface area (Å²) in [5.41, 5.74) is 0.195. The predicted octanol–water partition coefficient (Wildman–Crippen LogP) is 2.59. The lowest BCUT2D eigenvalue weighted by molar-refractivity contribution is 0.415. The summed E-state index contributed by atoms with van der Waals surface area (Å²) in [7, 11) is -2.38. The fourth-order valence-electron chi connectivity index (χ4n) is 1.35. The molecule has 1 heterocycles. The summed E-state index contributed by atoms with van der Waals surface area (Å²) in [6.07, 6.45) is 2.21. The van der Waals surface area contributed by atoms with E-state index in [0.717, 1.165) is 12.4 Å².